The van der Waals surface area contributed by atoms with Crippen molar-refractivity contribution in [2.24, 2.45) is 0 Å². The number of nitrogens with zero attached hydrogens (tertiary/aromatic N) is 5. The lowest BCUT2D eigenvalue weighted by Gasteiger charge is -2.48. The van der Waals surface area contributed by atoms with E-state index in [9.17, 15) is 0 Å². The Bertz CT molecular complexity index is 7150. The second-order valence-corrected chi connectivity index (χ2v) is 36.0. The first-order valence-corrected chi connectivity index (χ1v) is 42.8. The zero-order chi connectivity index (χ0) is 79.0. The van der Waals surface area contributed by atoms with Crippen molar-refractivity contribution in [2.75, 3.05) is 29.8 Å². The Morgan fingerprint density at radius 3 is 0.983 bits per heavy atom. The summed E-state index contributed by atoms with van der Waals surface area (Å²) in [5.74, 6) is 0. The van der Waals surface area contributed by atoms with Crippen molar-refractivity contribution < 1.29 is 0 Å². The molecule has 6 aliphatic heterocycles. The maximum atomic E-state index is 4.39. The van der Waals surface area contributed by atoms with E-state index in [2.05, 4.69) is 392 Å². The largest absolute Gasteiger partial charge is 0.356 e. The second kappa shape index (κ2) is 25.9. The van der Waals surface area contributed by atoms with Crippen molar-refractivity contribution in [1.29, 1.82) is 0 Å². The summed E-state index contributed by atoms with van der Waals surface area (Å²) in [6.45, 7) is 27.1. The van der Waals surface area contributed by atoms with Gasteiger partial charge in [0.2, 0.25) is 0 Å². The van der Waals surface area contributed by atoms with Gasteiger partial charge < -0.3 is 29.8 Å². The van der Waals surface area contributed by atoms with Crippen LogP contribution in [0.5, 0.6) is 0 Å². The standard InChI is InChI=1S/C106H83B3N6S2/c1-59-43-65(7)100(66(8)44-59)113-87-57-85-81(108-97-86(110-85)49-71(76-36-22-19-29-62(76)4)50-90(97)111(74-32-15-13-16-33-74)103-79-39-25-27-41-95(79)116-105(103)108)55-82(87)107-83-56-84-89(58-88(83)114(101-67(9)45-60(2)46-68(101)10)93-53-73(52-92(113)98(93)107)78-38-24-21-31-64(78)6)115(102-69(11)47-61(3)48-70(102)12)94-54-72(77-37-23-20-30-63(77)5)51-91-99(94)109(84)106-104(80-40-26-28-42-96(80)117-106)112(91)75-34-17-14-18-35-75/h13-58,110H,1-12H3. The fourth-order valence-electron chi connectivity index (χ4n) is 21.9. The smallest absolute Gasteiger partial charge is 0.264 e. The molecule has 0 fully saturated rings. The molecular formula is C106H83B3N6S2. The van der Waals surface area contributed by atoms with Crippen molar-refractivity contribution in [2.45, 2.75) is 83.1 Å². The predicted octanol–water partition coefficient (Wildman–Crippen LogP) is 23.3. The molecule has 117 heavy (non-hydrogen) atoms. The molecule has 0 saturated heterocycles. The zero-order valence-electron chi connectivity index (χ0n) is 67.8. The first kappa shape index (κ1) is 69.7. The summed E-state index contributed by atoms with van der Waals surface area (Å²) in [6.07, 6.45) is 0. The molecule has 15 aromatic carbocycles. The Hall–Kier alpha value is -12.8. The van der Waals surface area contributed by atoms with Crippen molar-refractivity contribution in [3.8, 4) is 33.4 Å². The summed E-state index contributed by atoms with van der Waals surface area (Å²) in [5, 5.41) is 6.92. The van der Waals surface area contributed by atoms with E-state index < -0.39 is 0 Å². The van der Waals surface area contributed by atoms with E-state index in [1.807, 2.05) is 22.7 Å². The zero-order valence-corrected chi connectivity index (χ0v) is 69.5. The summed E-state index contributed by atoms with van der Waals surface area (Å²) in [7, 11) is 0. The molecule has 23 rings (SSSR count). The van der Waals surface area contributed by atoms with E-state index in [1.165, 1.54) is 242 Å². The third kappa shape index (κ3) is 10.2. The third-order valence-electron chi connectivity index (χ3n) is 26.2. The molecular weight excluding hydrogens is 1450 g/mol. The molecule has 0 radical (unpaired) electrons. The number of nitrogens with one attached hydrogen (secondary N) is 1. The van der Waals surface area contributed by atoms with Gasteiger partial charge in [-0.2, -0.15) is 0 Å². The van der Waals surface area contributed by atoms with Gasteiger partial charge in [0.1, 0.15) is 0 Å². The number of aryl methyl sites for hydroxylation is 12. The monoisotopic (exact) mass is 1540 g/mol. The molecule has 0 saturated carbocycles. The van der Waals surface area contributed by atoms with Crippen LogP contribution in [0.25, 0.3) is 53.6 Å². The maximum Gasteiger partial charge on any atom is 0.264 e. The third-order valence-corrected chi connectivity index (χ3v) is 28.7. The number of thiophene rings is 2. The van der Waals surface area contributed by atoms with Crippen LogP contribution in [0.4, 0.5) is 96.7 Å². The maximum absolute atomic E-state index is 4.39. The van der Waals surface area contributed by atoms with Gasteiger partial charge in [0.05, 0.1) is 28.4 Å². The second-order valence-electron chi connectivity index (χ2n) is 33.9. The molecule has 0 atom stereocenters. The Kier molecular flexibility index (Phi) is 15.4. The highest BCUT2D eigenvalue weighted by Crippen LogP contribution is 2.56. The quantitative estimate of drug-likeness (QED) is 0.153. The Balaban J connectivity index is 0.887. The lowest BCUT2D eigenvalue weighted by atomic mass is 9.30. The van der Waals surface area contributed by atoms with E-state index in [4.69, 9.17) is 0 Å². The van der Waals surface area contributed by atoms with Crippen LogP contribution < -0.4 is 77.6 Å². The van der Waals surface area contributed by atoms with Gasteiger partial charge in [-0.25, -0.2) is 0 Å². The molecule has 0 bridgehead atoms. The first-order chi connectivity index (χ1) is 57.0. The lowest BCUT2D eigenvalue weighted by Crippen LogP contribution is -2.66. The van der Waals surface area contributed by atoms with E-state index in [0.717, 1.165) is 22.7 Å². The predicted molar refractivity (Wildman–Crippen MR) is 507 cm³/mol. The first-order valence-electron chi connectivity index (χ1n) is 41.2. The van der Waals surface area contributed by atoms with E-state index in [-0.39, 0.29) is 20.1 Å². The molecule has 8 heterocycles. The fraction of sp³-hybridized carbons (Fsp3) is 0.113. The molecule has 0 unspecified atom stereocenters. The van der Waals surface area contributed by atoms with Gasteiger partial charge >= 0.3 is 0 Å². The minimum absolute atomic E-state index is 0.147. The number of para-hydroxylation sites is 2. The van der Waals surface area contributed by atoms with Gasteiger partial charge in [-0.1, -0.05) is 211 Å². The summed E-state index contributed by atoms with van der Waals surface area (Å²) >= 11 is 3.94. The van der Waals surface area contributed by atoms with E-state index >= 15 is 0 Å². The molecule has 17 aromatic rings. The molecule has 2 aromatic heterocycles. The molecule has 6 aliphatic rings. The number of anilines is 17. The van der Waals surface area contributed by atoms with Crippen LogP contribution in [0.15, 0.2) is 279 Å². The van der Waals surface area contributed by atoms with Crippen LogP contribution >= 0.6 is 22.7 Å². The van der Waals surface area contributed by atoms with Gasteiger partial charge in [-0.05, 0) is 290 Å². The van der Waals surface area contributed by atoms with Crippen LogP contribution in [-0.4, -0.2) is 20.1 Å². The van der Waals surface area contributed by atoms with Gasteiger partial charge in [0.25, 0.3) is 20.1 Å². The van der Waals surface area contributed by atoms with Crippen molar-refractivity contribution in [3.63, 3.8) is 0 Å². The summed E-state index contributed by atoms with van der Waals surface area (Å²) in [6, 6.07) is 108. The minimum Gasteiger partial charge on any atom is -0.356 e. The molecule has 6 nitrogen and oxygen atoms in total. The van der Waals surface area contributed by atoms with E-state index in [1.54, 1.807) is 0 Å². The molecule has 0 aliphatic carbocycles. The number of benzene rings is 15. The summed E-state index contributed by atoms with van der Waals surface area (Å²) in [5.41, 5.74) is 51.2. The van der Waals surface area contributed by atoms with Crippen molar-refractivity contribution >= 4 is 207 Å². The summed E-state index contributed by atoms with van der Waals surface area (Å²) in [4.78, 5) is 13.5. The highest BCUT2D eigenvalue weighted by atomic mass is 32.1. The van der Waals surface area contributed by atoms with Gasteiger partial charge in [0.15, 0.2) is 0 Å². The Labute approximate surface area is 694 Å². The SMILES string of the molecule is Cc1cc(C)c(N2c3cc4c(cc3B3c5cc6c(cc5N(c5c(C)cc(C)cc5C)c5cc(-c7ccccc7C)cc2c53)N(c2c(C)cc(C)cc2C)c2cc(-c3ccccc3C)cc3c2B6c2sc5ccccc5c2N3c2ccccc2)B2c3sc5ccccc5c3N(c3ccccc3)c3cc(-c5ccccc5C)cc(c32)N4)c(C)c1. The molecule has 558 valence electrons. The van der Waals surface area contributed by atoms with Crippen LogP contribution in [0.2, 0.25) is 0 Å². The topological polar surface area (TPSA) is 28.2 Å². The van der Waals surface area contributed by atoms with Gasteiger partial charge in [-0.3, -0.25) is 0 Å². The van der Waals surface area contributed by atoms with Crippen molar-refractivity contribution in [1.82, 2.24) is 0 Å². The highest BCUT2D eigenvalue weighted by molar-refractivity contribution is 7.34. The number of fused-ring (bicyclic) bond motifs is 16. The van der Waals surface area contributed by atoms with Crippen LogP contribution in [0.1, 0.15) is 66.8 Å². The van der Waals surface area contributed by atoms with Crippen LogP contribution in [0.3, 0.4) is 0 Å². The average Bonchev–Trinajstić information content (AvgIpc) is 1.36. The fourth-order valence-corrected chi connectivity index (χ4v) is 24.5. The van der Waals surface area contributed by atoms with Gasteiger partial charge in [0, 0.05) is 98.0 Å². The van der Waals surface area contributed by atoms with Crippen LogP contribution in [0, 0.1) is 83.1 Å². The average molecular weight is 1540 g/mol. The molecule has 0 spiro atoms. The van der Waals surface area contributed by atoms with E-state index in [0.29, 0.717) is 0 Å². The molecule has 1 N–H and O–H groups in total. The van der Waals surface area contributed by atoms with Gasteiger partial charge in [-0.15, -0.1) is 22.7 Å². The Morgan fingerprint density at radius 2 is 0.564 bits per heavy atom. The summed E-state index contributed by atoms with van der Waals surface area (Å²) < 4.78 is 5.25. The highest BCUT2D eigenvalue weighted by Gasteiger charge is 2.52. The normalized spacial score (nSPS) is 13.6. The molecule has 11 heteroatoms. The van der Waals surface area contributed by atoms with Crippen LogP contribution in [-0.2, 0) is 0 Å². The molecule has 0 amide bonds. The minimum atomic E-state index is -0.298. The number of hydrogen-bond donors (Lipinski definition) is 1. The number of rotatable bonds is 8. The lowest BCUT2D eigenvalue weighted by molar-refractivity contribution is 1.18. The number of hydrogen-bond acceptors (Lipinski definition) is 8. The Morgan fingerprint density at radius 1 is 0.239 bits per heavy atom. The van der Waals surface area contributed by atoms with Crippen molar-refractivity contribution in [3.05, 3.63) is 346 Å².